The van der Waals surface area contributed by atoms with Crippen molar-refractivity contribution in [3.8, 4) is 11.1 Å². The monoisotopic (exact) mass is 455 g/mol. The molecule has 0 radical (unpaired) electrons. The predicted octanol–water partition coefficient (Wildman–Crippen LogP) is 4.46. The molecule has 8 nitrogen and oxygen atoms in total. The Balaban J connectivity index is 1.57. The number of rotatable bonds is 5. The van der Waals surface area contributed by atoms with E-state index in [0.29, 0.717) is 11.5 Å². The molecule has 3 heterocycles. The first-order valence-corrected chi connectivity index (χ1v) is 9.99. The molecule has 0 aliphatic rings. The van der Waals surface area contributed by atoms with E-state index in [1.807, 2.05) is 25.1 Å². The third-order valence-electron chi connectivity index (χ3n) is 5.18. The van der Waals surface area contributed by atoms with Gasteiger partial charge in [0.05, 0.1) is 5.52 Å². The minimum atomic E-state index is -4.68. The van der Waals surface area contributed by atoms with Crippen molar-refractivity contribution in [2.24, 2.45) is 0 Å². The Kier molecular flexibility index (Phi) is 5.71. The topological polar surface area (TPSA) is 97.6 Å². The standard InChI is InChI=1S/C22H20F3N7O/c1-12-4-5-16(30-20(33)13(2)32-11-29-21(31-32)22(23,24)25)7-17(12)14-6-15-10-28-19(26-3)8-18(15)27-9-14/h4-11,13H,1-3H3,(H,26,28)(H,30,33)/t13-/m0/s1. The summed E-state index contributed by atoms with van der Waals surface area (Å²) in [4.78, 5) is 24.7. The van der Waals surface area contributed by atoms with Gasteiger partial charge in [-0.25, -0.2) is 14.6 Å². The van der Waals surface area contributed by atoms with E-state index >= 15 is 0 Å². The van der Waals surface area contributed by atoms with Crippen molar-refractivity contribution in [1.82, 2.24) is 24.7 Å². The zero-order valence-corrected chi connectivity index (χ0v) is 18.0. The number of carbonyl (C=O) groups excluding carboxylic acids is 1. The molecular weight excluding hydrogens is 435 g/mol. The van der Waals surface area contributed by atoms with Crippen LogP contribution < -0.4 is 10.6 Å². The number of fused-ring (bicyclic) bond motifs is 1. The van der Waals surface area contributed by atoms with E-state index in [1.165, 1.54) is 6.92 Å². The highest BCUT2D eigenvalue weighted by molar-refractivity contribution is 5.94. The van der Waals surface area contributed by atoms with E-state index in [0.717, 1.165) is 38.6 Å². The molecule has 11 heteroatoms. The summed E-state index contributed by atoms with van der Waals surface area (Å²) in [5.41, 5.74) is 3.95. The van der Waals surface area contributed by atoms with E-state index in [-0.39, 0.29) is 0 Å². The summed E-state index contributed by atoms with van der Waals surface area (Å²) < 4.78 is 39.1. The van der Waals surface area contributed by atoms with Crippen molar-refractivity contribution in [3.63, 3.8) is 0 Å². The lowest BCUT2D eigenvalue weighted by atomic mass is 10.00. The molecule has 1 aromatic carbocycles. The average Bonchev–Trinajstić information content (AvgIpc) is 3.30. The highest BCUT2D eigenvalue weighted by Crippen LogP contribution is 2.29. The first kappa shape index (κ1) is 22.2. The number of anilines is 2. The Morgan fingerprint density at radius 1 is 1.09 bits per heavy atom. The van der Waals surface area contributed by atoms with Crippen LogP contribution in [-0.2, 0) is 11.0 Å². The van der Waals surface area contributed by atoms with Crippen LogP contribution in [0, 0.1) is 6.92 Å². The summed E-state index contributed by atoms with van der Waals surface area (Å²) in [7, 11) is 1.78. The highest BCUT2D eigenvalue weighted by atomic mass is 19.4. The number of aryl methyl sites for hydroxylation is 1. The number of nitrogens with one attached hydrogen (secondary N) is 2. The summed E-state index contributed by atoms with van der Waals surface area (Å²) in [5, 5.41) is 9.93. The van der Waals surface area contributed by atoms with Crippen molar-refractivity contribution < 1.29 is 18.0 Å². The normalized spacial score (nSPS) is 12.5. The molecule has 2 N–H and O–H groups in total. The maximum atomic E-state index is 12.7. The fourth-order valence-electron chi connectivity index (χ4n) is 3.28. The highest BCUT2D eigenvalue weighted by Gasteiger charge is 2.36. The first-order valence-electron chi connectivity index (χ1n) is 9.99. The molecule has 1 atom stereocenters. The lowest BCUT2D eigenvalue weighted by Crippen LogP contribution is -2.24. The number of pyridine rings is 2. The van der Waals surface area contributed by atoms with Gasteiger partial charge in [-0.1, -0.05) is 6.07 Å². The SMILES string of the molecule is CNc1cc2ncc(-c3cc(NC(=O)[C@H](C)n4cnc(C(F)(F)F)n4)ccc3C)cc2cn1. The molecule has 0 fully saturated rings. The van der Waals surface area contributed by atoms with Gasteiger partial charge in [-0.15, -0.1) is 5.10 Å². The van der Waals surface area contributed by atoms with Gasteiger partial charge < -0.3 is 10.6 Å². The summed E-state index contributed by atoms with van der Waals surface area (Å²) in [6.45, 7) is 3.38. The predicted molar refractivity (Wildman–Crippen MR) is 118 cm³/mol. The molecule has 0 aliphatic heterocycles. The summed E-state index contributed by atoms with van der Waals surface area (Å²) in [6.07, 6.45) is -0.312. The van der Waals surface area contributed by atoms with E-state index in [1.54, 1.807) is 31.6 Å². The Morgan fingerprint density at radius 2 is 1.88 bits per heavy atom. The van der Waals surface area contributed by atoms with Gasteiger partial charge in [0.25, 0.3) is 5.82 Å². The minimum Gasteiger partial charge on any atom is -0.373 e. The number of nitrogens with zero attached hydrogens (tertiary/aromatic N) is 5. The molecule has 170 valence electrons. The number of carbonyl (C=O) groups is 1. The zero-order chi connectivity index (χ0) is 23.8. The quantitative estimate of drug-likeness (QED) is 0.461. The largest absolute Gasteiger partial charge is 0.453 e. The van der Waals surface area contributed by atoms with Crippen LogP contribution >= 0.6 is 0 Å². The molecule has 0 unspecified atom stereocenters. The maximum absolute atomic E-state index is 12.7. The van der Waals surface area contributed by atoms with Crippen LogP contribution in [0.15, 0.2) is 49.1 Å². The summed E-state index contributed by atoms with van der Waals surface area (Å²) in [5.74, 6) is -1.10. The van der Waals surface area contributed by atoms with Crippen molar-refractivity contribution in [2.75, 3.05) is 17.7 Å². The van der Waals surface area contributed by atoms with E-state index in [4.69, 9.17) is 0 Å². The van der Waals surface area contributed by atoms with Crippen molar-refractivity contribution in [3.05, 3.63) is 60.4 Å². The molecular formula is C22H20F3N7O. The minimum absolute atomic E-state index is 0.493. The van der Waals surface area contributed by atoms with Crippen LogP contribution in [0.25, 0.3) is 22.0 Å². The molecule has 33 heavy (non-hydrogen) atoms. The summed E-state index contributed by atoms with van der Waals surface area (Å²) in [6, 6.07) is 8.17. The van der Waals surface area contributed by atoms with Gasteiger partial charge in [0.15, 0.2) is 0 Å². The number of hydrogen-bond acceptors (Lipinski definition) is 6. The van der Waals surface area contributed by atoms with Gasteiger partial charge >= 0.3 is 6.18 Å². The Hall–Kier alpha value is -4.02. The van der Waals surface area contributed by atoms with Crippen LogP contribution in [0.3, 0.4) is 0 Å². The molecule has 4 rings (SSSR count). The third-order valence-corrected chi connectivity index (χ3v) is 5.18. The number of amides is 1. The number of aromatic nitrogens is 5. The molecule has 1 amide bonds. The number of benzene rings is 1. The average molecular weight is 455 g/mol. The molecule has 0 spiro atoms. The number of alkyl halides is 3. The summed E-state index contributed by atoms with van der Waals surface area (Å²) >= 11 is 0. The molecule has 3 aromatic heterocycles. The maximum Gasteiger partial charge on any atom is 0.453 e. The first-order chi connectivity index (χ1) is 15.7. The fourth-order valence-corrected chi connectivity index (χ4v) is 3.28. The molecule has 0 bridgehead atoms. The van der Waals surface area contributed by atoms with Crippen LogP contribution in [0.2, 0.25) is 0 Å². The number of halogens is 3. The van der Waals surface area contributed by atoms with Crippen LogP contribution in [0.4, 0.5) is 24.7 Å². The van der Waals surface area contributed by atoms with Crippen LogP contribution in [0.1, 0.15) is 24.4 Å². The molecule has 4 aromatic rings. The Labute approximate surface area is 186 Å². The van der Waals surface area contributed by atoms with Gasteiger partial charge in [-0.05, 0) is 43.2 Å². The lowest BCUT2D eigenvalue weighted by molar-refractivity contribution is -0.145. The van der Waals surface area contributed by atoms with Gasteiger partial charge in [0.2, 0.25) is 5.91 Å². The van der Waals surface area contributed by atoms with Crippen molar-refractivity contribution in [2.45, 2.75) is 26.1 Å². The van der Waals surface area contributed by atoms with Crippen molar-refractivity contribution >= 4 is 28.3 Å². The molecule has 0 aliphatic carbocycles. The lowest BCUT2D eigenvalue weighted by Gasteiger charge is -2.14. The van der Waals surface area contributed by atoms with E-state index in [9.17, 15) is 18.0 Å². The van der Waals surface area contributed by atoms with Gasteiger partial charge in [-0.2, -0.15) is 13.2 Å². The smallest absolute Gasteiger partial charge is 0.373 e. The zero-order valence-electron chi connectivity index (χ0n) is 18.0. The second-order valence-corrected chi connectivity index (χ2v) is 7.48. The second-order valence-electron chi connectivity index (χ2n) is 7.48. The van der Waals surface area contributed by atoms with Gasteiger partial charge in [0.1, 0.15) is 18.2 Å². The second kappa shape index (κ2) is 8.49. The van der Waals surface area contributed by atoms with E-state index < -0.39 is 23.9 Å². The fraction of sp³-hybridized carbons (Fsp3) is 0.227. The van der Waals surface area contributed by atoms with Gasteiger partial charge in [0, 0.05) is 42.1 Å². The van der Waals surface area contributed by atoms with Crippen LogP contribution in [0.5, 0.6) is 0 Å². The third kappa shape index (κ3) is 4.61. The van der Waals surface area contributed by atoms with E-state index in [2.05, 4.69) is 30.7 Å². The Morgan fingerprint density at radius 3 is 2.58 bits per heavy atom. The van der Waals surface area contributed by atoms with Crippen molar-refractivity contribution in [1.29, 1.82) is 0 Å². The van der Waals surface area contributed by atoms with Crippen LogP contribution in [-0.4, -0.2) is 37.7 Å². The Bertz CT molecular complexity index is 1330. The molecule has 0 saturated heterocycles. The van der Waals surface area contributed by atoms with Gasteiger partial charge in [-0.3, -0.25) is 9.78 Å². The molecule has 0 saturated carbocycles. The number of hydrogen-bond donors (Lipinski definition) is 2.